The van der Waals surface area contributed by atoms with Crippen molar-refractivity contribution in [2.24, 2.45) is 0 Å². The lowest BCUT2D eigenvalue weighted by molar-refractivity contribution is -0.273. The van der Waals surface area contributed by atoms with E-state index in [1.165, 1.54) is 0 Å². The van der Waals surface area contributed by atoms with Gasteiger partial charge in [-0.05, 0) is 33.1 Å². The molecule has 2 unspecified atom stereocenters. The molecule has 0 radical (unpaired) electrons. The van der Waals surface area contributed by atoms with Crippen molar-refractivity contribution in [1.82, 2.24) is 0 Å². The van der Waals surface area contributed by atoms with Crippen LogP contribution >= 0.6 is 0 Å². The molecule has 6 nitrogen and oxygen atoms in total. The second-order valence-electron chi connectivity index (χ2n) is 7.55. The van der Waals surface area contributed by atoms with Crippen molar-refractivity contribution in [3.05, 3.63) is 0 Å². The van der Waals surface area contributed by atoms with E-state index in [4.69, 9.17) is 14.6 Å². The molecular formula is C20H38O6. The largest absolute Gasteiger partial charge is 0.396 e. The molecule has 1 aliphatic heterocycles. The molecule has 0 aromatic heterocycles. The van der Waals surface area contributed by atoms with Crippen LogP contribution in [0.4, 0.5) is 0 Å². The summed E-state index contributed by atoms with van der Waals surface area (Å²) in [6.07, 6.45) is 7.12. The summed E-state index contributed by atoms with van der Waals surface area (Å²) in [5, 5.41) is 28.3. The maximum Gasteiger partial charge on any atom is 0.184 e. The number of ketones is 1. The maximum atomic E-state index is 11.5. The number of rotatable bonds is 14. The van der Waals surface area contributed by atoms with Gasteiger partial charge in [-0.1, -0.05) is 32.1 Å². The second-order valence-corrected chi connectivity index (χ2v) is 7.55. The van der Waals surface area contributed by atoms with E-state index in [-0.39, 0.29) is 24.6 Å². The Labute approximate surface area is 157 Å². The maximum absolute atomic E-state index is 11.5. The normalized spacial score (nSPS) is 27.4. The van der Waals surface area contributed by atoms with Crippen molar-refractivity contribution >= 4 is 5.78 Å². The van der Waals surface area contributed by atoms with Gasteiger partial charge in [0, 0.05) is 25.9 Å². The highest BCUT2D eigenvalue weighted by Crippen LogP contribution is 2.23. The number of carbonyl (C=O) groups is 1. The first kappa shape index (κ1) is 23.5. The average Bonchev–Trinajstić information content (AvgIpc) is 2.60. The number of unbranched alkanes of at least 4 members (excludes halogenated alkanes) is 5. The van der Waals surface area contributed by atoms with Crippen LogP contribution in [-0.4, -0.2) is 58.4 Å². The number of hydrogen-bond donors (Lipinski definition) is 3. The van der Waals surface area contributed by atoms with Gasteiger partial charge in [0.2, 0.25) is 0 Å². The van der Waals surface area contributed by atoms with Gasteiger partial charge in [-0.3, -0.25) is 4.79 Å². The van der Waals surface area contributed by atoms with Gasteiger partial charge in [0.1, 0.15) is 11.9 Å². The van der Waals surface area contributed by atoms with E-state index in [1.54, 1.807) is 6.92 Å². The quantitative estimate of drug-likeness (QED) is 0.405. The van der Waals surface area contributed by atoms with Gasteiger partial charge in [-0.2, -0.15) is 0 Å². The predicted octanol–water partition coefficient (Wildman–Crippen LogP) is 2.71. The lowest BCUT2D eigenvalue weighted by Gasteiger charge is -2.36. The molecule has 0 amide bonds. The number of Topliss-reactive ketones (excluding diaryl/α,β-unsaturated/α-hetero) is 1. The number of aliphatic hydroxyl groups is 3. The van der Waals surface area contributed by atoms with E-state index in [1.807, 2.05) is 6.92 Å². The van der Waals surface area contributed by atoms with Crippen molar-refractivity contribution in [3.8, 4) is 0 Å². The topological polar surface area (TPSA) is 96.2 Å². The molecule has 3 N–H and O–H groups in total. The first-order valence-corrected chi connectivity index (χ1v) is 10.2. The van der Waals surface area contributed by atoms with Crippen molar-refractivity contribution in [2.75, 3.05) is 6.61 Å². The molecule has 5 atom stereocenters. The Balaban J connectivity index is 1.98. The van der Waals surface area contributed by atoms with E-state index in [0.29, 0.717) is 25.7 Å². The van der Waals surface area contributed by atoms with E-state index in [2.05, 4.69) is 0 Å². The Kier molecular flexibility index (Phi) is 12.3. The smallest absolute Gasteiger partial charge is 0.184 e. The molecule has 0 aliphatic carbocycles. The van der Waals surface area contributed by atoms with Crippen molar-refractivity contribution < 1.29 is 29.6 Å². The number of ether oxygens (including phenoxy) is 2. The number of hydrogen-bond acceptors (Lipinski definition) is 6. The average molecular weight is 375 g/mol. The minimum Gasteiger partial charge on any atom is -0.396 e. The molecule has 1 saturated heterocycles. The molecule has 0 bridgehead atoms. The Morgan fingerprint density at radius 1 is 1.04 bits per heavy atom. The summed E-state index contributed by atoms with van der Waals surface area (Å²) in [5.41, 5.74) is 0. The minimum absolute atomic E-state index is 0.0150. The molecule has 0 aromatic rings. The van der Waals surface area contributed by atoms with Crippen LogP contribution in [0.1, 0.15) is 84.5 Å². The molecule has 1 rings (SSSR count). The molecule has 1 aliphatic rings. The molecule has 1 fully saturated rings. The molecular weight excluding hydrogens is 336 g/mol. The van der Waals surface area contributed by atoms with Gasteiger partial charge in [-0.15, -0.1) is 0 Å². The van der Waals surface area contributed by atoms with Gasteiger partial charge >= 0.3 is 0 Å². The van der Waals surface area contributed by atoms with Crippen LogP contribution in [0.25, 0.3) is 0 Å². The van der Waals surface area contributed by atoms with Gasteiger partial charge in [-0.25, -0.2) is 0 Å². The van der Waals surface area contributed by atoms with Crippen LogP contribution in [-0.2, 0) is 14.3 Å². The SMILES string of the molecule is CC1O[C@@H](O[C@H](C)CCCCCCCCC(=O)CCCO)C(O)C[C@H]1O. The molecule has 26 heavy (non-hydrogen) atoms. The van der Waals surface area contributed by atoms with E-state index in [0.717, 1.165) is 44.9 Å². The lowest BCUT2D eigenvalue weighted by atomic mass is 10.0. The van der Waals surface area contributed by atoms with Gasteiger partial charge in [0.25, 0.3) is 0 Å². The minimum atomic E-state index is -0.774. The fourth-order valence-electron chi connectivity index (χ4n) is 3.23. The zero-order valence-corrected chi connectivity index (χ0v) is 16.4. The fraction of sp³-hybridized carbons (Fsp3) is 0.950. The number of aliphatic hydroxyl groups excluding tert-OH is 3. The van der Waals surface area contributed by atoms with Crippen LogP contribution in [0, 0.1) is 0 Å². The molecule has 0 spiro atoms. The molecule has 0 saturated carbocycles. The van der Waals surface area contributed by atoms with Crippen molar-refractivity contribution in [1.29, 1.82) is 0 Å². The van der Waals surface area contributed by atoms with Crippen LogP contribution in [0.15, 0.2) is 0 Å². The summed E-state index contributed by atoms with van der Waals surface area (Å²) in [6, 6.07) is 0. The summed E-state index contributed by atoms with van der Waals surface area (Å²) in [7, 11) is 0. The van der Waals surface area contributed by atoms with Crippen LogP contribution in [0.3, 0.4) is 0 Å². The van der Waals surface area contributed by atoms with Crippen molar-refractivity contribution in [2.45, 2.75) is 115 Å². The highest BCUT2D eigenvalue weighted by atomic mass is 16.7. The Hall–Kier alpha value is -0.530. The van der Waals surface area contributed by atoms with Gasteiger partial charge in [0.15, 0.2) is 6.29 Å². The molecule has 0 aromatic carbocycles. The Morgan fingerprint density at radius 2 is 1.65 bits per heavy atom. The van der Waals surface area contributed by atoms with Crippen LogP contribution in [0.2, 0.25) is 0 Å². The lowest BCUT2D eigenvalue weighted by Crippen LogP contribution is -2.48. The second kappa shape index (κ2) is 13.6. The predicted molar refractivity (Wildman–Crippen MR) is 99.8 cm³/mol. The zero-order valence-electron chi connectivity index (χ0n) is 16.4. The van der Waals surface area contributed by atoms with E-state index < -0.39 is 18.5 Å². The highest BCUT2D eigenvalue weighted by molar-refractivity contribution is 5.78. The Bertz CT molecular complexity index is 375. The molecule has 6 heteroatoms. The van der Waals surface area contributed by atoms with Gasteiger partial charge < -0.3 is 24.8 Å². The Morgan fingerprint density at radius 3 is 2.35 bits per heavy atom. The summed E-state index contributed by atoms with van der Waals surface area (Å²) in [5.74, 6) is 0.263. The number of carbonyl (C=O) groups excluding carboxylic acids is 1. The third kappa shape index (κ3) is 9.97. The third-order valence-corrected chi connectivity index (χ3v) is 4.98. The van der Waals surface area contributed by atoms with Crippen LogP contribution in [0.5, 0.6) is 0 Å². The van der Waals surface area contributed by atoms with Crippen LogP contribution < -0.4 is 0 Å². The first-order chi connectivity index (χ1) is 12.4. The summed E-state index contributed by atoms with van der Waals surface area (Å²) >= 11 is 0. The third-order valence-electron chi connectivity index (χ3n) is 4.98. The molecule has 1 heterocycles. The van der Waals surface area contributed by atoms with Crippen molar-refractivity contribution in [3.63, 3.8) is 0 Å². The van der Waals surface area contributed by atoms with E-state index in [9.17, 15) is 15.0 Å². The zero-order chi connectivity index (χ0) is 19.4. The molecule has 154 valence electrons. The summed E-state index contributed by atoms with van der Waals surface area (Å²) < 4.78 is 11.3. The van der Waals surface area contributed by atoms with Gasteiger partial charge in [0.05, 0.1) is 18.3 Å². The fourth-order valence-corrected chi connectivity index (χ4v) is 3.23. The highest BCUT2D eigenvalue weighted by Gasteiger charge is 2.35. The first-order valence-electron chi connectivity index (χ1n) is 10.2. The summed E-state index contributed by atoms with van der Waals surface area (Å²) in [6.45, 7) is 3.88. The monoisotopic (exact) mass is 374 g/mol. The summed E-state index contributed by atoms with van der Waals surface area (Å²) in [4.78, 5) is 11.5. The standard InChI is InChI=1S/C20H38O6/c1-15(25-20-19(24)14-18(23)16(2)26-20)10-7-5-3-4-6-8-11-17(22)12-9-13-21/h15-16,18-21,23-24H,3-14H2,1-2H3/t15-,16?,18-,19?,20-/m1/s1. The van der Waals surface area contributed by atoms with E-state index >= 15 is 0 Å².